The predicted molar refractivity (Wildman–Crippen MR) is 99.0 cm³/mol. The summed E-state index contributed by atoms with van der Waals surface area (Å²) in [7, 11) is 0. The number of nitrogens with zero attached hydrogens (tertiary/aromatic N) is 1. The Kier molecular flexibility index (Phi) is 4.89. The number of amides is 2. The Morgan fingerprint density at radius 1 is 1.27 bits per heavy atom. The molecule has 0 saturated heterocycles. The zero-order valence-electron chi connectivity index (χ0n) is 15.5. The van der Waals surface area contributed by atoms with Crippen LogP contribution in [0.1, 0.15) is 56.8 Å². The number of carbonyl (C=O) groups excluding carboxylic acids is 2. The lowest BCUT2D eigenvalue weighted by Gasteiger charge is -2.31. The molecule has 0 spiro atoms. The van der Waals surface area contributed by atoms with Crippen LogP contribution in [0.2, 0.25) is 0 Å². The average Bonchev–Trinajstić information content (AvgIpc) is 3.20. The summed E-state index contributed by atoms with van der Waals surface area (Å²) in [6, 6.07) is 5.53. The number of hydrogen-bond donors (Lipinski definition) is 3. The van der Waals surface area contributed by atoms with Crippen molar-refractivity contribution < 1.29 is 14.3 Å². The van der Waals surface area contributed by atoms with E-state index in [1.807, 2.05) is 32.9 Å². The number of fused-ring (bicyclic) bond motifs is 1. The third-order valence-electron chi connectivity index (χ3n) is 4.63. The van der Waals surface area contributed by atoms with Gasteiger partial charge in [0.2, 0.25) is 0 Å². The van der Waals surface area contributed by atoms with E-state index in [-0.39, 0.29) is 5.91 Å². The molecule has 1 fully saturated rings. The summed E-state index contributed by atoms with van der Waals surface area (Å²) >= 11 is 0. The van der Waals surface area contributed by atoms with Crippen LogP contribution < -0.4 is 10.6 Å². The predicted octanol–water partition coefficient (Wildman–Crippen LogP) is 3.13. The molecule has 2 aromatic rings. The highest BCUT2D eigenvalue weighted by molar-refractivity contribution is 6.05. The number of aromatic nitrogens is 2. The van der Waals surface area contributed by atoms with Gasteiger partial charge in [-0.15, -0.1) is 0 Å². The molecule has 0 radical (unpaired) electrons. The zero-order valence-corrected chi connectivity index (χ0v) is 15.5. The van der Waals surface area contributed by atoms with Crippen molar-refractivity contribution in [3.05, 3.63) is 30.0 Å². The van der Waals surface area contributed by atoms with Crippen molar-refractivity contribution in [3.63, 3.8) is 0 Å². The Morgan fingerprint density at radius 2 is 2.00 bits per heavy atom. The number of nitrogens with one attached hydrogen (secondary N) is 3. The highest BCUT2D eigenvalue weighted by atomic mass is 16.6. The fourth-order valence-electron chi connectivity index (χ4n) is 3.42. The number of alkyl carbamates (subject to hydrolysis) is 1. The molecule has 1 aliphatic carbocycles. The second-order valence-corrected chi connectivity index (χ2v) is 7.94. The van der Waals surface area contributed by atoms with Crippen LogP contribution >= 0.6 is 0 Å². The fraction of sp³-hybridized carbons (Fsp3) is 0.526. The molecule has 0 unspecified atom stereocenters. The fourth-order valence-corrected chi connectivity index (χ4v) is 3.42. The molecule has 0 bridgehead atoms. The molecule has 0 atom stereocenters. The van der Waals surface area contributed by atoms with Gasteiger partial charge in [-0.3, -0.25) is 9.89 Å². The topological polar surface area (TPSA) is 96.1 Å². The summed E-state index contributed by atoms with van der Waals surface area (Å²) in [4.78, 5) is 24.9. The number of para-hydroxylation sites is 1. The number of carbonyl (C=O) groups is 2. The first-order valence-electron chi connectivity index (χ1n) is 9.00. The Bertz CT molecular complexity index is 800. The van der Waals surface area contributed by atoms with Gasteiger partial charge in [-0.1, -0.05) is 25.0 Å². The van der Waals surface area contributed by atoms with Gasteiger partial charge in [0, 0.05) is 11.9 Å². The number of rotatable bonds is 4. The van der Waals surface area contributed by atoms with Crippen molar-refractivity contribution in [2.24, 2.45) is 0 Å². The maximum Gasteiger partial charge on any atom is 0.407 e. The highest BCUT2D eigenvalue weighted by Crippen LogP contribution is 2.30. The number of hydrogen-bond acceptors (Lipinski definition) is 4. The molecular weight excluding hydrogens is 332 g/mol. The van der Waals surface area contributed by atoms with Crippen LogP contribution in [0, 0.1) is 0 Å². The van der Waals surface area contributed by atoms with E-state index in [9.17, 15) is 9.59 Å². The third kappa shape index (κ3) is 4.15. The minimum absolute atomic E-state index is 0.160. The second-order valence-electron chi connectivity index (χ2n) is 7.94. The molecular formula is C19H26N4O3. The molecule has 1 aromatic heterocycles. The van der Waals surface area contributed by atoms with Crippen LogP contribution in [0.15, 0.2) is 24.4 Å². The minimum atomic E-state index is -0.549. The first-order chi connectivity index (χ1) is 12.3. The zero-order chi connectivity index (χ0) is 18.8. The van der Waals surface area contributed by atoms with E-state index in [2.05, 4.69) is 20.8 Å². The van der Waals surface area contributed by atoms with Crippen LogP contribution in [-0.4, -0.2) is 39.9 Å². The monoisotopic (exact) mass is 358 g/mol. The summed E-state index contributed by atoms with van der Waals surface area (Å²) in [6.07, 6.45) is 4.92. The summed E-state index contributed by atoms with van der Waals surface area (Å²) in [6.45, 7) is 5.83. The van der Waals surface area contributed by atoms with Crippen molar-refractivity contribution in [1.29, 1.82) is 0 Å². The molecule has 1 saturated carbocycles. The lowest BCUT2D eigenvalue weighted by molar-refractivity contribution is 0.0505. The maximum atomic E-state index is 12.9. The van der Waals surface area contributed by atoms with Crippen molar-refractivity contribution in [3.8, 4) is 0 Å². The Balaban J connectivity index is 1.71. The van der Waals surface area contributed by atoms with Crippen LogP contribution in [0.3, 0.4) is 0 Å². The third-order valence-corrected chi connectivity index (χ3v) is 4.63. The van der Waals surface area contributed by atoms with Crippen LogP contribution in [-0.2, 0) is 4.74 Å². The molecule has 7 heteroatoms. The summed E-state index contributed by atoms with van der Waals surface area (Å²) in [5.74, 6) is -0.160. The van der Waals surface area contributed by atoms with Crippen molar-refractivity contribution in [2.45, 2.75) is 57.6 Å². The van der Waals surface area contributed by atoms with E-state index in [0.717, 1.165) is 36.6 Å². The van der Waals surface area contributed by atoms with Gasteiger partial charge in [0.05, 0.1) is 22.8 Å². The largest absolute Gasteiger partial charge is 0.444 e. The van der Waals surface area contributed by atoms with Gasteiger partial charge in [-0.2, -0.15) is 5.10 Å². The van der Waals surface area contributed by atoms with Crippen LogP contribution in [0.4, 0.5) is 4.79 Å². The molecule has 3 N–H and O–H groups in total. The van der Waals surface area contributed by atoms with Gasteiger partial charge in [0.25, 0.3) is 5.91 Å². The number of aromatic amines is 1. The Hall–Kier alpha value is -2.57. The second kappa shape index (κ2) is 6.97. The van der Waals surface area contributed by atoms with E-state index >= 15 is 0 Å². The maximum absolute atomic E-state index is 12.9. The molecule has 3 rings (SSSR count). The first kappa shape index (κ1) is 18.2. The first-order valence-corrected chi connectivity index (χ1v) is 9.00. The van der Waals surface area contributed by atoms with Gasteiger partial charge >= 0.3 is 6.09 Å². The molecule has 1 aromatic carbocycles. The molecule has 1 aliphatic rings. The Morgan fingerprint density at radius 3 is 2.69 bits per heavy atom. The molecule has 2 amide bonds. The summed E-state index contributed by atoms with van der Waals surface area (Å²) in [5, 5.41) is 13.8. The average molecular weight is 358 g/mol. The lowest BCUT2D eigenvalue weighted by atomic mass is 9.96. The van der Waals surface area contributed by atoms with E-state index in [4.69, 9.17) is 4.74 Å². The van der Waals surface area contributed by atoms with E-state index in [0.29, 0.717) is 12.1 Å². The van der Waals surface area contributed by atoms with Gasteiger partial charge in [-0.25, -0.2) is 4.79 Å². The molecule has 0 aliphatic heterocycles. The smallest absolute Gasteiger partial charge is 0.407 e. The van der Waals surface area contributed by atoms with Crippen LogP contribution in [0.25, 0.3) is 10.9 Å². The quantitative estimate of drug-likeness (QED) is 0.782. The van der Waals surface area contributed by atoms with Crippen molar-refractivity contribution in [1.82, 2.24) is 20.8 Å². The molecule has 1 heterocycles. The van der Waals surface area contributed by atoms with Gasteiger partial charge in [0.1, 0.15) is 5.60 Å². The number of ether oxygens (including phenoxy) is 1. The normalized spacial score (nSPS) is 16.4. The summed E-state index contributed by atoms with van der Waals surface area (Å²) in [5.41, 5.74) is 0.282. The van der Waals surface area contributed by atoms with E-state index in [1.54, 1.807) is 12.3 Å². The van der Waals surface area contributed by atoms with Gasteiger partial charge < -0.3 is 15.4 Å². The van der Waals surface area contributed by atoms with Crippen LogP contribution in [0.5, 0.6) is 0 Å². The standard InChI is InChI=1S/C19H26N4O3/c1-18(2,3)26-17(25)20-12-19(9-4-5-10-19)22-16(24)14-8-6-7-13-11-21-23-15(13)14/h6-8,11H,4-5,9-10,12H2,1-3H3,(H,20,25)(H,21,23)(H,22,24). The van der Waals surface area contributed by atoms with E-state index < -0.39 is 17.2 Å². The molecule has 140 valence electrons. The number of H-pyrrole nitrogens is 1. The van der Waals surface area contributed by atoms with Gasteiger partial charge in [-0.05, 0) is 39.7 Å². The summed E-state index contributed by atoms with van der Waals surface area (Å²) < 4.78 is 5.30. The minimum Gasteiger partial charge on any atom is -0.444 e. The highest BCUT2D eigenvalue weighted by Gasteiger charge is 2.36. The molecule has 7 nitrogen and oxygen atoms in total. The van der Waals surface area contributed by atoms with Crippen molar-refractivity contribution >= 4 is 22.9 Å². The SMILES string of the molecule is CC(C)(C)OC(=O)NCC1(NC(=O)c2cccc3cn[nH]c23)CCCC1. The molecule has 26 heavy (non-hydrogen) atoms. The number of benzene rings is 1. The van der Waals surface area contributed by atoms with E-state index in [1.165, 1.54) is 0 Å². The lowest BCUT2D eigenvalue weighted by Crippen LogP contribution is -2.54. The Labute approximate surface area is 152 Å². The van der Waals surface area contributed by atoms with Crippen molar-refractivity contribution in [2.75, 3.05) is 6.54 Å². The van der Waals surface area contributed by atoms with Gasteiger partial charge in [0.15, 0.2) is 0 Å².